The van der Waals surface area contributed by atoms with Crippen LogP contribution in [0, 0.1) is 5.82 Å². The lowest BCUT2D eigenvalue weighted by Crippen LogP contribution is -2.31. The Morgan fingerprint density at radius 3 is 2.46 bits per heavy atom. The molecule has 0 unspecified atom stereocenters. The van der Waals surface area contributed by atoms with E-state index in [4.69, 9.17) is 0 Å². The molecular formula is C18H17FN4O. The van der Waals surface area contributed by atoms with Crippen LogP contribution in [0.15, 0.2) is 67.3 Å². The Balaban J connectivity index is 1.60. The number of rotatable bonds is 4. The van der Waals surface area contributed by atoms with Crippen LogP contribution in [0.1, 0.15) is 18.5 Å². The Hall–Kier alpha value is -3.15. The largest absolute Gasteiger partial charge is 0.331 e. The highest BCUT2D eigenvalue weighted by atomic mass is 19.1. The molecule has 0 saturated carbocycles. The van der Waals surface area contributed by atoms with Crippen LogP contribution in [0.3, 0.4) is 0 Å². The maximum absolute atomic E-state index is 12.9. The minimum Gasteiger partial charge on any atom is -0.331 e. The molecule has 0 spiro atoms. The zero-order valence-corrected chi connectivity index (χ0v) is 13.1. The van der Waals surface area contributed by atoms with Crippen molar-refractivity contribution >= 4 is 11.7 Å². The van der Waals surface area contributed by atoms with E-state index in [1.807, 2.05) is 42.0 Å². The van der Waals surface area contributed by atoms with Crippen LogP contribution in [-0.2, 0) is 0 Å². The van der Waals surface area contributed by atoms with E-state index in [2.05, 4.69) is 15.6 Å². The van der Waals surface area contributed by atoms with Gasteiger partial charge in [0.15, 0.2) is 0 Å². The first-order chi connectivity index (χ1) is 11.6. The van der Waals surface area contributed by atoms with Gasteiger partial charge in [-0.2, -0.15) is 0 Å². The van der Waals surface area contributed by atoms with Gasteiger partial charge in [-0.05, 0) is 48.9 Å². The van der Waals surface area contributed by atoms with Crippen molar-refractivity contribution in [1.82, 2.24) is 14.9 Å². The quantitative estimate of drug-likeness (QED) is 0.765. The summed E-state index contributed by atoms with van der Waals surface area (Å²) >= 11 is 0. The zero-order valence-electron chi connectivity index (χ0n) is 13.1. The molecule has 2 N–H and O–H groups in total. The smallest absolute Gasteiger partial charge is 0.319 e. The van der Waals surface area contributed by atoms with Gasteiger partial charge >= 0.3 is 6.03 Å². The second-order valence-electron chi connectivity index (χ2n) is 5.39. The third-order valence-electron chi connectivity index (χ3n) is 3.65. The van der Waals surface area contributed by atoms with Crippen LogP contribution in [0.4, 0.5) is 14.9 Å². The molecule has 3 rings (SSSR count). The second kappa shape index (κ2) is 6.95. The van der Waals surface area contributed by atoms with Gasteiger partial charge in [0, 0.05) is 23.8 Å². The summed E-state index contributed by atoms with van der Waals surface area (Å²) in [4.78, 5) is 16.0. The van der Waals surface area contributed by atoms with Gasteiger partial charge in [-0.15, -0.1) is 0 Å². The average Bonchev–Trinajstić information content (AvgIpc) is 3.11. The van der Waals surface area contributed by atoms with Crippen molar-refractivity contribution in [2.24, 2.45) is 0 Å². The number of amides is 2. The van der Waals surface area contributed by atoms with E-state index in [0.717, 1.165) is 11.3 Å². The number of urea groups is 1. The molecule has 6 heteroatoms. The van der Waals surface area contributed by atoms with Crippen molar-refractivity contribution in [1.29, 1.82) is 0 Å². The Morgan fingerprint density at radius 2 is 1.83 bits per heavy atom. The Labute approximate surface area is 139 Å². The van der Waals surface area contributed by atoms with Crippen LogP contribution in [-0.4, -0.2) is 15.6 Å². The molecule has 0 aliphatic carbocycles. The van der Waals surface area contributed by atoms with Crippen LogP contribution in [0.5, 0.6) is 0 Å². The number of nitrogens with one attached hydrogen (secondary N) is 2. The van der Waals surface area contributed by atoms with E-state index in [9.17, 15) is 9.18 Å². The fourth-order valence-corrected chi connectivity index (χ4v) is 2.33. The highest BCUT2D eigenvalue weighted by Crippen LogP contribution is 2.16. The summed E-state index contributed by atoms with van der Waals surface area (Å²) < 4.78 is 14.8. The van der Waals surface area contributed by atoms with Gasteiger partial charge < -0.3 is 15.2 Å². The summed E-state index contributed by atoms with van der Waals surface area (Å²) in [7, 11) is 0. The summed E-state index contributed by atoms with van der Waals surface area (Å²) in [6, 6.07) is 13.0. The lowest BCUT2D eigenvalue weighted by Gasteiger charge is -2.15. The van der Waals surface area contributed by atoms with Crippen LogP contribution in [0.2, 0.25) is 0 Å². The topological polar surface area (TPSA) is 59.0 Å². The van der Waals surface area contributed by atoms with E-state index in [0.29, 0.717) is 5.69 Å². The summed E-state index contributed by atoms with van der Waals surface area (Å²) in [6.07, 6.45) is 5.32. The Morgan fingerprint density at radius 1 is 1.12 bits per heavy atom. The van der Waals surface area contributed by atoms with Gasteiger partial charge in [0.1, 0.15) is 5.82 Å². The number of benzene rings is 2. The number of imidazole rings is 1. The molecule has 24 heavy (non-hydrogen) atoms. The molecular weight excluding hydrogens is 307 g/mol. The summed E-state index contributed by atoms with van der Waals surface area (Å²) in [5.41, 5.74) is 2.52. The molecule has 0 bridgehead atoms. The van der Waals surface area contributed by atoms with Crippen molar-refractivity contribution in [3.63, 3.8) is 0 Å². The highest BCUT2D eigenvalue weighted by Gasteiger charge is 2.10. The summed E-state index contributed by atoms with van der Waals surface area (Å²) in [6.45, 7) is 1.90. The molecule has 2 aromatic carbocycles. The van der Waals surface area contributed by atoms with Crippen molar-refractivity contribution in [2.75, 3.05) is 5.32 Å². The van der Waals surface area contributed by atoms with Crippen LogP contribution in [0.25, 0.3) is 5.69 Å². The van der Waals surface area contributed by atoms with Crippen molar-refractivity contribution in [2.45, 2.75) is 13.0 Å². The Kier molecular flexibility index (Phi) is 4.56. The number of carbonyl (C=O) groups excluding carboxylic acids is 1. The summed E-state index contributed by atoms with van der Waals surface area (Å²) in [5.74, 6) is -0.340. The molecule has 0 aliphatic rings. The maximum atomic E-state index is 12.9. The molecule has 0 fully saturated rings. The lowest BCUT2D eigenvalue weighted by molar-refractivity contribution is 0.249. The minimum absolute atomic E-state index is 0.165. The first-order valence-corrected chi connectivity index (χ1v) is 7.53. The fraction of sp³-hybridized carbons (Fsp3) is 0.111. The molecule has 0 saturated heterocycles. The SMILES string of the molecule is C[C@@H](NC(=O)Nc1ccc(F)cc1)c1ccc(-n2ccnc2)cc1. The third kappa shape index (κ3) is 3.78. The number of nitrogens with zero attached hydrogens (tertiary/aromatic N) is 2. The van der Waals surface area contributed by atoms with Crippen LogP contribution < -0.4 is 10.6 Å². The molecule has 1 heterocycles. The van der Waals surface area contributed by atoms with Gasteiger partial charge in [0.25, 0.3) is 0 Å². The van der Waals surface area contributed by atoms with Crippen LogP contribution >= 0.6 is 0 Å². The third-order valence-corrected chi connectivity index (χ3v) is 3.65. The summed E-state index contributed by atoms with van der Waals surface area (Å²) in [5, 5.41) is 5.53. The van der Waals surface area contributed by atoms with E-state index in [1.165, 1.54) is 24.3 Å². The number of halogens is 1. The molecule has 1 aromatic heterocycles. The number of carbonyl (C=O) groups is 1. The standard InChI is InChI=1S/C18H17FN4O/c1-13(21-18(24)22-16-6-4-15(19)5-7-16)14-2-8-17(9-3-14)23-11-10-20-12-23/h2-13H,1H3,(H2,21,22,24)/t13-/m1/s1. The van der Waals surface area contributed by atoms with Crippen molar-refractivity contribution in [3.05, 3.63) is 78.6 Å². The van der Waals surface area contributed by atoms with E-state index >= 15 is 0 Å². The average molecular weight is 324 g/mol. The second-order valence-corrected chi connectivity index (χ2v) is 5.39. The number of aromatic nitrogens is 2. The Bertz CT molecular complexity index is 798. The maximum Gasteiger partial charge on any atom is 0.319 e. The molecule has 5 nitrogen and oxygen atoms in total. The van der Waals surface area contributed by atoms with Gasteiger partial charge in [-0.3, -0.25) is 0 Å². The molecule has 122 valence electrons. The van der Waals surface area contributed by atoms with E-state index in [1.54, 1.807) is 12.5 Å². The molecule has 0 radical (unpaired) electrons. The molecule has 2 amide bonds. The minimum atomic E-state index is -0.340. The monoisotopic (exact) mass is 324 g/mol. The lowest BCUT2D eigenvalue weighted by atomic mass is 10.1. The van der Waals surface area contributed by atoms with Gasteiger partial charge in [0.05, 0.1) is 12.4 Å². The molecule has 1 atom stereocenters. The first kappa shape index (κ1) is 15.7. The predicted octanol–water partition coefficient (Wildman–Crippen LogP) is 3.89. The van der Waals surface area contributed by atoms with E-state index in [-0.39, 0.29) is 17.9 Å². The van der Waals surface area contributed by atoms with Gasteiger partial charge in [-0.25, -0.2) is 14.2 Å². The molecule has 3 aromatic rings. The number of anilines is 1. The van der Waals surface area contributed by atoms with Gasteiger partial charge in [0.2, 0.25) is 0 Å². The predicted molar refractivity (Wildman–Crippen MR) is 90.5 cm³/mol. The highest BCUT2D eigenvalue weighted by molar-refractivity contribution is 5.89. The first-order valence-electron chi connectivity index (χ1n) is 7.53. The number of hydrogen-bond donors (Lipinski definition) is 2. The fourth-order valence-electron chi connectivity index (χ4n) is 2.33. The van der Waals surface area contributed by atoms with Crippen molar-refractivity contribution in [3.8, 4) is 5.69 Å². The normalized spacial score (nSPS) is 11.8. The van der Waals surface area contributed by atoms with Crippen molar-refractivity contribution < 1.29 is 9.18 Å². The number of hydrogen-bond acceptors (Lipinski definition) is 2. The van der Waals surface area contributed by atoms with Gasteiger partial charge in [-0.1, -0.05) is 12.1 Å². The molecule has 0 aliphatic heterocycles. The zero-order chi connectivity index (χ0) is 16.9. The van der Waals surface area contributed by atoms with E-state index < -0.39 is 0 Å².